The van der Waals surface area contributed by atoms with Gasteiger partial charge in [0.1, 0.15) is 0 Å². The lowest BCUT2D eigenvalue weighted by molar-refractivity contribution is -0.174. The summed E-state index contributed by atoms with van der Waals surface area (Å²) in [6.45, 7) is 0. The molecule has 0 bridgehead atoms. The zero-order valence-corrected chi connectivity index (χ0v) is 8.21. The summed E-state index contributed by atoms with van der Waals surface area (Å²) in [4.78, 5) is 10.8. The molecular weight excluding hydrogens is 219 g/mol. The van der Waals surface area contributed by atoms with Gasteiger partial charge in [-0.1, -0.05) is 24.3 Å². The third kappa shape index (κ3) is 2.18. The maximum Gasteiger partial charge on any atom is 0.471 e. The number of carbonyl (C=O) groups excluding carboxylic acids is 1. The molecule has 16 heavy (non-hydrogen) atoms. The first-order chi connectivity index (χ1) is 7.89. The maximum absolute atomic E-state index is 12.1. The van der Waals surface area contributed by atoms with Crippen LogP contribution in [0.3, 0.4) is 0 Å². The van der Waals surface area contributed by atoms with Crippen molar-refractivity contribution < 1.29 is 19.3 Å². The SMILES string of the molecule is [2H][C@H]1c2ccccc2C[C@@H]1NC(=O)C(F)(F)F. The average Bonchev–Trinajstić information content (AvgIpc) is 2.55. The third-order valence-electron chi connectivity index (χ3n) is 2.45. The van der Waals surface area contributed by atoms with Crippen molar-refractivity contribution in [3.05, 3.63) is 35.4 Å². The fraction of sp³-hybridized carbons (Fsp3) is 0.364. The Bertz CT molecular complexity index is 447. The minimum Gasteiger partial charge on any atom is -0.345 e. The first kappa shape index (κ1) is 9.69. The molecule has 0 radical (unpaired) electrons. The number of hydrogen-bond donors (Lipinski definition) is 1. The van der Waals surface area contributed by atoms with Gasteiger partial charge in [0.05, 0.1) is 0 Å². The second kappa shape index (κ2) is 3.81. The van der Waals surface area contributed by atoms with Crippen molar-refractivity contribution in [2.24, 2.45) is 0 Å². The van der Waals surface area contributed by atoms with Gasteiger partial charge in [-0.15, -0.1) is 0 Å². The molecule has 1 aliphatic carbocycles. The molecule has 0 fully saturated rings. The van der Waals surface area contributed by atoms with E-state index in [9.17, 15) is 18.0 Å². The van der Waals surface area contributed by atoms with Crippen LogP contribution in [0, 0.1) is 0 Å². The molecule has 0 aliphatic heterocycles. The molecule has 86 valence electrons. The number of nitrogens with one attached hydrogen (secondary N) is 1. The summed E-state index contributed by atoms with van der Waals surface area (Å²) in [6, 6.07) is 6.15. The van der Waals surface area contributed by atoms with Gasteiger partial charge in [-0.3, -0.25) is 4.79 Å². The Morgan fingerprint density at radius 3 is 2.56 bits per heavy atom. The lowest BCUT2D eigenvalue weighted by Crippen LogP contribution is -2.43. The molecule has 2 atom stereocenters. The Morgan fingerprint density at radius 2 is 2.00 bits per heavy atom. The van der Waals surface area contributed by atoms with E-state index in [1.54, 1.807) is 24.3 Å². The Kier molecular flexibility index (Phi) is 2.31. The molecule has 1 aromatic carbocycles. The van der Waals surface area contributed by atoms with Gasteiger partial charge in [0, 0.05) is 7.41 Å². The van der Waals surface area contributed by atoms with Crippen LogP contribution in [0.5, 0.6) is 0 Å². The number of alkyl halides is 3. The molecule has 0 saturated heterocycles. The number of hydrogen-bond acceptors (Lipinski definition) is 1. The highest BCUT2D eigenvalue weighted by atomic mass is 19.4. The number of amides is 1. The predicted octanol–water partition coefficient (Wildman–Crippen LogP) is 1.83. The van der Waals surface area contributed by atoms with Gasteiger partial charge in [0.25, 0.3) is 0 Å². The fourth-order valence-corrected chi connectivity index (χ4v) is 1.74. The van der Waals surface area contributed by atoms with Crippen LogP contribution >= 0.6 is 0 Å². The molecule has 0 saturated carbocycles. The van der Waals surface area contributed by atoms with E-state index in [2.05, 4.69) is 0 Å². The summed E-state index contributed by atoms with van der Waals surface area (Å²) >= 11 is 0. The third-order valence-corrected chi connectivity index (χ3v) is 2.45. The molecule has 0 aromatic heterocycles. The number of rotatable bonds is 1. The van der Waals surface area contributed by atoms with Crippen LogP contribution in [0.4, 0.5) is 13.2 Å². The molecule has 5 heteroatoms. The summed E-state index contributed by atoms with van der Waals surface area (Å²) in [5.74, 6) is -1.98. The van der Waals surface area contributed by atoms with Crippen molar-refractivity contribution >= 4 is 5.91 Å². The Balaban J connectivity index is 2.11. The molecule has 1 aromatic rings. The summed E-state index contributed by atoms with van der Waals surface area (Å²) in [5, 5.41) is 1.86. The van der Waals surface area contributed by atoms with Gasteiger partial charge in [0.15, 0.2) is 0 Å². The summed E-state index contributed by atoms with van der Waals surface area (Å²) < 4.78 is 44.0. The van der Waals surface area contributed by atoms with E-state index in [-0.39, 0.29) is 6.42 Å². The minimum absolute atomic E-state index is 0.270. The van der Waals surface area contributed by atoms with Gasteiger partial charge in [-0.2, -0.15) is 13.2 Å². The van der Waals surface area contributed by atoms with Crippen LogP contribution in [0.15, 0.2) is 24.3 Å². The van der Waals surface area contributed by atoms with Crippen LogP contribution in [-0.4, -0.2) is 18.1 Å². The van der Waals surface area contributed by atoms with Crippen LogP contribution in [-0.2, 0) is 17.6 Å². The van der Waals surface area contributed by atoms with Gasteiger partial charge in [0.2, 0.25) is 0 Å². The van der Waals surface area contributed by atoms with E-state index in [0.717, 1.165) is 5.56 Å². The number of halogens is 3. The van der Waals surface area contributed by atoms with Gasteiger partial charge in [-0.25, -0.2) is 0 Å². The van der Waals surface area contributed by atoms with Crippen molar-refractivity contribution in [3.8, 4) is 0 Å². The van der Waals surface area contributed by atoms with Crippen LogP contribution in [0.1, 0.15) is 12.5 Å². The minimum atomic E-state index is -4.89. The van der Waals surface area contributed by atoms with Gasteiger partial charge < -0.3 is 5.32 Å². The van der Waals surface area contributed by atoms with Crippen LogP contribution in [0.2, 0.25) is 0 Å². The molecule has 1 aliphatic rings. The van der Waals surface area contributed by atoms with Crippen molar-refractivity contribution in [2.45, 2.75) is 25.0 Å². The Morgan fingerprint density at radius 1 is 1.38 bits per heavy atom. The number of fused-ring (bicyclic) bond motifs is 1. The highest BCUT2D eigenvalue weighted by Gasteiger charge is 2.40. The molecule has 0 heterocycles. The van der Waals surface area contributed by atoms with E-state index in [1.165, 1.54) is 0 Å². The standard InChI is InChI=1S/C11H10F3NO/c12-11(13,14)10(16)15-9-5-7-3-1-2-4-8(7)6-9/h1-4,9H,5-6H2,(H,15,16)/i5D/t5-,9+/m0/s1. The Labute approximate surface area is 91.9 Å². The van der Waals surface area contributed by atoms with Crippen molar-refractivity contribution in [1.82, 2.24) is 5.32 Å². The van der Waals surface area contributed by atoms with Crippen LogP contribution < -0.4 is 5.32 Å². The fourth-order valence-electron chi connectivity index (χ4n) is 1.74. The van der Waals surface area contributed by atoms with Crippen molar-refractivity contribution in [1.29, 1.82) is 0 Å². The maximum atomic E-state index is 12.1. The van der Waals surface area contributed by atoms with Gasteiger partial charge in [-0.05, 0) is 23.9 Å². The monoisotopic (exact) mass is 230 g/mol. The molecule has 1 N–H and O–H groups in total. The summed E-state index contributed by atoms with van der Waals surface area (Å²) in [5.41, 5.74) is 1.50. The molecule has 1 amide bonds. The molecule has 0 spiro atoms. The van der Waals surface area contributed by atoms with Crippen LogP contribution in [0.25, 0.3) is 0 Å². The lowest BCUT2D eigenvalue weighted by atomic mass is 10.1. The highest BCUT2D eigenvalue weighted by Crippen LogP contribution is 2.23. The zero-order valence-electron chi connectivity index (χ0n) is 9.21. The van der Waals surface area contributed by atoms with E-state index in [1.807, 2.05) is 5.32 Å². The molecular formula is C11H10F3NO. The van der Waals surface area contributed by atoms with E-state index in [4.69, 9.17) is 1.37 Å². The van der Waals surface area contributed by atoms with Crippen molar-refractivity contribution in [2.75, 3.05) is 0 Å². The molecule has 2 rings (SSSR count). The summed E-state index contributed by atoms with van der Waals surface area (Å²) in [7, 11) is 0. The van der Waals surface area contributed by atoms with E-state index in [0.29, 0.717) is 5.56 Å². The smallest absolute Gasteiger partial charge is 0.345 e. The summed E-state index contributed by atoms with van der Waals surface area (Å²) in [6.07, 6.45) is -5.46. The predicted molar refractivity (Wildman–Crippen MR) is 51.8 cm³/mol. The van der Waals surface area contributed by atoms with E-state index >= 15 is 0 Å². The quantitative estimate of drug-likeness (QED) is 0.783. The zero-order chi connectivity index (χ0) is 12.6. The lowest BCUT2D eigenvalue weighted by Gasteiger charge is -2.13. The first-order valence-corrected chi connectivity index (χ1v) is 4.77. The first-order valence-electron chi connectivity index (χ1n) is 5.35. The number of carbonyl (C=O) groups is 1. The highest BCUT2D eigenvalue weighted by molar-refractivity contribution is 5.82. The number of benzene rings is 1. The van der Waals surface area contributed by atoms with Crippen molar-refractivity contribution in [3.63, 3.8) is 0 Å². The van der Waals surface area contributed by atoms with Gasteiger partial charge >= 0.3 is 12.1 Å². The van der Waals surface area contributed by atoms with E-state index < -0.39 is 24.5 Å². The second-order valence-corrected chi connectivity index (χ2v) is 3.65. The molecule has 0 unspecified atom stereocenters. The average molecular weight is 230 g/mol. The molecule has 2 nitrogen and oxygen atoms in total. The normalized spacial score (nSPS) is 24.8. The second-order valence-electron chi connectivity index (χ2n) is 3.65. The Hall–Kier alpha value is -1.52. The topological polar surface area (TPSA) is 29.1 Å². The largest absolute Gasteiger partial charge is 0.471 e.